The van der Waals surface area contributed by atoms with Gasteiger partial charge in [0, 0.05) is 24.6 Å². The molecule has 1 aliphatic carbocycles. The number of halogens is 1. The molecule has 0 radical (unpaired) electrons. The molecular formula is C16H27ClN8O3S. The van der Waals surface area contributed by atoms with Crippen LogP contribution in [0, 0.1) is 11.8 Å². The Kier molecular flexibility index (Phi) is 7.83. The Balaban J connectivity index is 0.00000300. The summed E-state index contributed by atoms with van der Waals surface area (Å²) in [5, 5.41) is 17.9. The number of hydrogen-bond acceptors (Lipinski definition) is 9. The Labute approximate surface area is 179 Å². The van der Waals surface area contributed by atoms with E-state index in [0.717, 1.165) is 19.3 Å². The van der Waals surface area contributed by atoms with Crippen molar-refractivity contribution in [3.8, 4) is 0 Å². The van der Waals surface area contributed by atoms with Crippen molar-refractivity contribution in [1.82, 2.24) is 31.1 Å². The average Bonchev–Trinajstić information content (AvgIpc) is 3.30. The lowest BCUT2D eigenvalue weighted by Gasteiger charge is -2.28. The molecule has 162 valence electrons. The van der Waals surface area contributed by atoms with E-state index in [1.807, 2.05) is 0 Å². The van der Waals surface area contributed by atoms with Crippen molar-refractivity contribution in [2.24, 2.45) is 17.6 Å². The zero-order chi connectivity index (χ0) is 20.3. The summed E-state index contributed by atoms with van der Waals surface area (Å²) in [5.41, 5.74) is 7.33. The molecule has 3 unspecified atom stereocenters. The van der Waals surface area contributed by atoms with E-state index < -0.39 is 11.4 Å². The fourth-order valence-electron chi connectivity index (χ4n) is 3.82. The van der Waals surface area contributed by atoms with Crippen LogP contribution in [0.25, 0.3) is 0 Å². The quantitative estimate of drug-likeness (QED) is 0.394. The molecule has 2 heterocycles. The van der Waals surface area contributed by atoms with Crippen LogP contribution in [0.2, 0.25) is 0 Å². The molecule has 29 heavy (non-hydrogen) atoms. The van der Waals surface area contributed by atoms with Crippen LogP contribution >= 0.6 is 24.2 Å². The van der Waals surface area contributed by atoms with Crippen LogP contribution in [-0.4, -0.2) is 73.4 Å². The number of nitrogens with zero attached hydrogens (tertiary/aromatic N) is 4. The van der Waals surface area contributed by atoms with Gasteiger partial charge in [-0.2, -0.15) is 17.0 Å². The van der Waals surface area contributed by atoms with E-state index in [9.17, 15) is 14.4 Å². The molecule has 13 heteroatoms. The second kappa shape index (κ2) is 9.72. The summed E-state index contributed by atoms with van der Waals surface area (Å²) in [4.78, 5) is 37.1. The molecule has 2 aliphatic rings. The number of amides is 2. The largest absolute Gasteiger partial charge is 0.368 e. The normalized spacial score (nSPS) is 26.6. The Morgan fingerprint density at radius 3 is 2.76 bits per heavy atom. The van der Waals surface area contributed by atoms with Gasteiger partial charge in [0.2, 0.25) is 11.8 Å². The number of anilines is 1. The van der Waals surface area contributed by atoms with Gasteiger partial charge in [0.1, 0.15) is 5.54 Å². The molecule has 1 saturated carbocycles. The van der Waals surface area contributed by atoms with Gasteiger partial charge in [-0.3, -0.25) is 19.8 Å². The lowest BCUT2D eigenvalue weighted by Crippen LogP contribution is -2.50. The number of thioether (sulfide) groups is 1. The Hall–Kier alpha value is -1.92. The number of aromatic nitrogens is 4. The fourth-order valence-corrected chi connectivity index (χ4v) is 4.98. The minimum Gasteiger partial charge on any atom is -0.368 e. The number of hydrogen-bond donors (Lipinski definition) is 4. The zero-order valence-corrected chi connectivity index (χ0v) is 18.0. The second-order valence-corrected chi connectivity index (χ2v) is 8.65. The van der Waals surface area contributed by atoms with Crippen LogP contribution in [0.3, 0.4) is 0 Å². The van der Waals surface area contributed by atoms with E-state index in [2.05, 4.69) is 31.4 Å². The fraction of sp³-hybridized carbons (Fsp3) is 0.750. The summed E-state index contributed by atoms with van der Waals surface area (Å²) in [6, 6.07) is -0.366. The summed E-state index contributed by atoms with van der Waals surface area (Å²) < 4.78 is 0. The molecule has 3 rings (SSSR count). The maximum absolute atomic E-state index is 12.9. The van der Waals surface area contributed by atoms with Crippen molar-refractivity contribution in [1.29, 1.82) is 0 Å². The third-order valence-electron chi connectivity index (χ3n) is 5.50. The first-order chi connectivity index (χ1) is 13.3. The van der Waals surface area contributed by atoms with Gasteiger partial charge < -0.3 is 11.1 Å². The molecule has 2 fully saturated rings. The average molecular weight is 447 g/mol. The first-order valence-electron chi connectivity index (χ1n) is 9.28. The van der Waals surface area contributed by atoms with Crippen LogP contribution < -0.4 is 16.5 Å². The zero-order valence-electron chi connectivity index (χ0n) is 16.4. The summed E-state index contributed by atoms with van der Waals surface area (Å²) in [6.07, 6.45) is 3.04. The monoisotopic (exact) mass is 446 g/mol. The number of hydrazine groups is 1. The summed E-state index contributed by atoms with van der Waals surface area (Å²) in [5.74, 6) is 0.348. The molecular weight excluding hydrogens is 420 g/mol. The number of H-pyrrole nitrogens is 1. The van der Waals surface area contributed by atoms with Crippen LogP contribution in [0.1, 0.15) is 32.6 Å². The second-order valence-electron chi connectivity index (χ2n) is 7.55. The van der Waals surface area contributed by atoms with E-state index >= 15 is 0 Å². The third-order valence-corrected chi connectivity index (χ3v) is 6.81. The first-order valence-corrected chi connectivity index (χ1v) is 10.4. The number of carbonyl (C=O) groups excluding carboxylic acids is 3. The number of aromatic amines is 1. The summed E-state index contributed by atoms with van der Waals surface area (Å²) in [6.45, 7) is 1.67. The van der Waals surface area contributed by atoms with Crippen molar-refractivity contribution in [3.05, 3.63) is 0 Å². The van der Waals surface area contributed by atoms with Crippen LogP contribution in [0.4, 0.5) is 5.95 Å². The Morgan fingerprint density at radius 2 is 2.10 bits per heavy atom. The molecule has 0 aromatic carbocycles. The lowest BCUT2D eigenvalue weighted by atomic mass is 9.88. The van der Waals surface area contributed by atoms with Crippen molar-refractivity contribution < 1.29 is 14.4 Å². The topological polar surface area (TPSA) is 159 Å². The number of Topliss-reactive ketones (excluding diaryl/α,β-unsaturated/α-hetero) is 1. The van der Waals surface area contributed by atoms with Crippen LogP contribution in [0.5, 0.6) is 0 Å². The van der Waals surface area contributed by atoms with Crippen LogP contribution in [0.15, 0.2) is 0 Å². The predicted octanol–water partition coefficient (Wildman–Crippen LogP) is -0.269. The van der Waals surface area contributed by atoms with Gasteiger partial charge in [0.05, 0.1) is 6.04 Å². The summed E-state index contributed by atoms with van der Waals surface area (Å²) in [7, 11) is 1.73. The van der Waals surface area contributed by atoms with Crippen molar-refractivity contribution in [2.75, 3.05) is 23.9 Å². The molecule has 1 aliphatic heterocycles. The first kappa shape index (κ1) is 23.4. The molecule has 0 spiro atoms. The van der Waals surface area contributed by atoms with E-state index in [-0.39, 0.29) is 47.9 Å². The molecule has 1 saturated heterocycles. The van der Waals surface area contributed by atoms with Crippen LogP contribution in [-0.2, 0) is 14.4 Å². The van der Waals surface area contributed by atoms with E-state index in [1.54, 1.807) is 19.0 Å². The SMILES string of the molecule is CN1NC(=O)C2CCCC2C(=O)C1CCSC[C@](C)(Nc1nn[nH]n1)C(N)=O.Cl. The predicted molar refractivity (Wildman–Crippen MR) is 110 cm³/mol. The van der Waals surface area contributed by atoms with Crippen molar-refractivity contribution in [2.45, 2.75) is 44.2 Å². The van der Waals surface area contributed by atoms with Gasteiger partial charge in [-0.15, -0.1) is 17.5 Å². The highest BCUT2D eigenvalue weighted by atomic mass is 35.5. The van der Waals surface area contributed by atoms with Gasteiger partial charge >= 0.3 is 0 Å². The van der Waals surface area contributed by atoms with Gasteiger partial charge in [0.15, 0.2) is 5.78 Å². The van der Waals surface area contributed by atoms with E-state index in [0.29, 0.717) is 17.9 Å². The molecule has 4 atom stereocenters. The molecule has 1 aromatic rings. The lowest BCUT2D eigenvalue weighted by molar-refractivity contribution is -0.130. The number of nitrogens with two attached hydrogens (primary N) is 1. The minimum absolute atomic E-state index is 0. The van der Waals surface area contributed by atoms with Crippen molar-refractivity contribution >= 4 is 47.7 Å². The van der Waals surface area contributed by atoms with Gasteiger partial charge in [-0.25, -0.2) is 5.01 Å². The van der Waals surface area contributed by atoms with Gasteiger partial charge in [-0.05, 0) is 37.2 Å². The smallest absolute Gasteiger partial charge is 0.264 e. The minimum atomic E-state index is -1.06. The number of carbonyl (C=O) groups is 3. The van der Waals surface area contributed by atoms with E-state index in [4.69, 9.17) is 5.73 Å². The molecule has 11 nitrogen and oxygen atoms in total. The maximum Gasteiger partial charge on any atom is 0.264 e. The number of primary amides is 1. The standard InChI is InChI=1S/C16H26N8O3S.ClH/c1-16(14(17)27,18-15-19-22-23-20-15)8-28-7-6-11-12(25)9-4-3-5-10(9)13(26)21-24(11)2;/h9-11H,3-8H2,1-2H3,(H2,17,27)(H,21,26)(H2,18,19,20,22,23);1H/t9?,10?,11?,16-;/m0./s1. The van der Waals surface area contributed by atoms with Crippen molar-refractivity contribution in [3.63, 3.8) is 0 Å². The number of rotatable bonds is 8. The Morgan fingerprint density at radius 1 is 1.38 bits per heavy atom. The third kappa shape index (κ3) is 5.17. The molecule has 0 bridgehead atoms. The number of nitrogens with one attached hydrogen (secondary N) is 3. The highest BCUT2D eigenvalue weighted by Gasteiger charge is 2.44. The van der Waals surface area contributed by atoms with E-state index in [1.165, 1.54) is 11.8 Å². The number of fused-ring (bicyclic) bond motifs is 1. The summed E-state index contributed by atoms with van der Waals surface area (Å²) >= 11 is 1.50. The molecule has 1 aromatic heterocycles. The highest BCUT2D eigenvalue weighted by Crippen LogP contribution is 2.36. The van der Waals surface area contributed by atoms with Gasteiger partial charge in [0.25, 0.3) is 5.95 Å². The highest BCUT2D eigenvalue weighted by molar-refractivity contribution is 7.99. The number of likely N-dealkylation sites (N-methyl/N-ethyl adjacent to an activating group) is 1. The Bertz CT molecular complexity index is 736. The number of tetrazole rings is 1. The molecule has 5 N–H and O–H groups in total. The maximum atomic E-state index is 12.9. The van der Waals surface area contributed by atoms with Gasteiger partial charge in [-0.1, -0.05) is 11.5 Å². The number of ketones is 1. The molecule has 2 amide bonds.